The highest BCUT2D eigenvalue weighted by Gasteiger charge is 2.21. The summed E-state index contributed by atoms with van der Waals surface area (Å²) in [6.45, 7) is 3.01. The van der Waals surface area contributed by atoms with Gasteiger partial charge in [0.25, 0.3) is 11.6 Å². The summed E-state index contributed by atoms with van der Waals surface area (Å²) in [6, 6.07) is 6.29. The molecule has 3 amide bonds. The van der Waals surface area contributed by atoms with Crippen LogP contribution in [-0.2, 0) is 9.53 Å². The third-order valence-electron chi connectivity index (χ3n) is 3.90. The fraction of sp³-hybridized carbons (Fsp3) is 0.211. The lowest BCUT2D eigenvalue weighted by Gasteiger charge is -2.08. The van der Waals surface area contributed by atoms with Crippen molar-refractivity contribution in [1.82, 2.24) is 20.8 Å². The zero-order valence-corrected chi connectivity index (χ0v) is 15.6. The van der Waals surface area contributed by atoms with Crippen molar-refractivity contribution in [1.29, 1.82) is 0 Å². The third-order valence-corrected chi connectivity index (χ3v) is 3.90. The zero-order valence-electron chi connectivity index (χ0n) is 15.6. The first-order chi connectivity index (χ1) is 13.9. The van der Waals surface area contributed by atoms with Crippen molar-refractivity contribution in [2.24, 2.45) is 0 Å². The molecule has 150 valence electrons. The van der Waals surface area contributed by atoms with Gasteiger partial charge in [0.2, 0.25) is 0 Å². The fourth-order valence-electron chi connectivity index (χ4n) is 2.60. The molecule has 0 aliphatic heterocycles. The van der Waals surface area contributed by atoms with Crippen LogP contribution in [0, 0.1) is 12.7 Å². The molecule has 0 unspecified atom stereocenters. The van der Waals surface area contributed by atoms with Gasteiger partial charge in [-0.05, 0) is 44.2 Å². The highest BCUT2D eigenvalue weighted by Crippen LogP contribution is 2.27. The van der Waals surface area contributed by atoms with Crippen LogP contribution in [0.1, 0.15) is 23.0 Å². The van der Waals surface area contributed by atoms with Gasteiger partial charge >= 0.3 is 12.0 Å². The van der Waals surface area contributed by atoms with Gasteiger partial charge < -0.3 is 14.6 Å². The minimum absolute atomic E-state index is 0.0823. The van der Waals surface area contributed by atoms with E-state index in [0.717, 1.165) is 0 Å². The molecule has 0 saturated carbocycles. The number of aryl methyl sites for hydroxylation is 1. The number of nitrogens with one attached hydrogen (secondary N) is 2. The van der Waals surface area contributed by atoms with Gasteiger partial charge in [0.15, 0.2) is 6.61 Å². The number of hydrogen-bond donors (Lipinski definition) is 2. The number of amides is 3. The maximum absolute atomic E-state index is 13.2. The first-order valence-electron chi connectivity index (χ1n) is 8.66. The predicted molar refractivity (Wildman–Crippen MR) is 99.4 cm³/mol. The Hall–Kier alpha value is -3.82. The van der Waals surface area contributed by atoms with Gasteiger partial charge in [-0.2, -0.15) is 0 Å². The molecule has 0 aliphatic carbocycles. The first-order valence-corrected chi connectivity index (χ1v) is 8.66. The Morgan fingerprint density at radius 2 is 1.93 bits per heavy atom. The van der Waals surface area contributed by atoms with Crippen LogP contribution in [0.5, 0.6) is 0 Å². The molecule has 9 nitrogen and oxygen atoms in total. The van der Waals surface area contributed by atoms with Crippen LogP contribution in [0.15, 0.2) is 34.9 Å². The van der Waals surface area contributed by atoms with Crippen LogP contribution in [0.2, 0.25) is 0 Å². The maximum Gasteiger partial charge on any atom is 0.339 e. The summed E-state index contributed by atoms with van der Waals surface area (Å²) in [6.07, 6.45) is 0. The molecule has 2 heterocycles. The second-order valence-electron chi connectivity index (χ2n) is 5.99. The molecule has 0 fully saturated rings. The van der Waals surface area contributed by atoms with Crippen LogP contribution in [0.4, 0.5) is 9.18 Å². The zero-order chi connectivity index (χ0) is 21.0. The number of benzene rings is 1. The summed E-state index contributed by atoms with van der Waals surface area (Å²) >= 11 is 0. The number of hydrogen-bond acceptors (Lipinski definition) is 7. The summed E-state index contributed by atoms with van der Waals surface area (Å²) in [7, 11) is 0. The third kappa shape index (κ3) is 4.54. The maximum atomic E-state index is 13.2. The molecular formula is C19H17FN4O5. The van der Waals surface area contributed by atoms with Gasteiger partial charge in [-0.15, -0.1) is 0 Å². The molecular weight excluding hydrogens is 383 g/mol. The van der Waals surface area contributed by atoms with Crippen molar-refractivity contribution >= 4 is 29.0 Å². The Balaban J connectivity index is 1.86. The van der Waals surface area contributed by atoms with E-state index in [-0.39, 0.29) is 11.3 Å². The van der Waals surface area contributed by atoms with Crippen molar-refractivity contribution in [3.8, 4) is 11.3 Å². The molecule has 0 bridgehead atoms. The molecule has 3 aromatic rings. The lowest BCUT2D eigenvalue weighted by Crippen LogP contribution is -2.41. The topological polar surface area (TPSA) is 123 Å². The summed E-state index contributed by atoms with van der Waals surface area (Å²) in [5.41, 5.74) is 1.48. The van der Waals surface area contributed by atoms with E-state index >= 15 is 0 Å². The number of ether oxygens (including phenoxy) is 1. The smallest absolute Gasteiger partial charge is 0.339 e. The SMILES string of the molecule is CCNC(=O)NC(=O)COC(=O)c1cc(-c2ccc(F)cc2)nc2onc(C)c12. The molecule has 0 atom stereocenters. The monoisotopic (exact) mass is 400 g/mol. The molecule has 2 aromatic heterocycles. The van der Waals surface area contributed by atoms with E-state index in [1.807, 2.05) is 5.32 Å². The van der Waals surface area contributed by atoms with Gasteiger partial charge in [-0.3, -0.25) is 10.1 Å². The van der Waals surface area contributed by atoms with Crippen molar-refractivity contribution in [2.75, 3.05) is 13.2 Å². The largest absolute Gasteiger partial charge is 0.452 e. The normalized spacial score (nSPS) is 10.6. The number of rotatable bonds is 5. The summed E-state index contributed by atoms with van der Waals surface area (Å²) in [4.78, 5) is 40.0. The van der Waals surface area contributed by atoms with Gasteiger partial charge in [0.05, 0.1) is 22.3 Å². The number of aromatic nitrogens is 2. The lowest BCUT2D eigenvalue weighted by molar-refractivity contribution is -0.123. The van der Waals surface area contributed by atoms with E-state index in [9.17, 15) is 18.8 Å². The van der Waals surface area contributed by atoms with Gasteiger partial charge in [0.1, 0.15) is 5.82 Å². The van der Waals surface area contributed by atoms with E-state index in [0.29, 0.717) is 28.9 Å². The van der Waals surface area contributed by atoms with Gasteiger partial charge in [-0.25, -0.2) is 19.0 Å². The predicted octanol–water partition coefficient (Wildman–Crippen LogP) is 2.34. The van der Waals surface area contributed by atoms with Crippen LogP contribution >= 0.6 is 0 Å². The quantitative estimate of drug-likeness (QED) is 0.630. The second kappa shape index (κ2) is 8.46. The minimum atomic E-state index is -0.821. The number of halogens is 1. The number of imide groups is 1. The highest BCUT2D eigenvalue weighted by atomic mass is 19.1. The minimum Gasteiger partial charge on any atom is -0.452 e. The fourth-order valence-corrected chi connectivity index (χ4v) is 2.60. The van der Waals surface area contributed by atoms with E-state index in [2.05, 4.69) is 15.5 Å². The van der Waals surface area contributed by atoms with Crippen molar-refractivity contribution in [2.45, 2.75) is 13.8 Å². The second-order valence-corrected chi connectivity index (χ2v) is 5.99. The molecule has 3 rings (SSSR count). The molecule has 29 heavy (non-hydrogen) atoms. The Kier molecular flexibility index (Phi) is 5.82. The van der Waals surface area contributed by atoms with E-state index < -0.39 is 30.3 Å². The van der Waals surface area contributed by atoms with Crippen molar-refractivity contribution in [3.05, 3.63) is 47.4 Å². The van der Waals surface area contributed by atoms with Gasteiger partial charge in [-0.1, -0.05) is 5.16 Å². The molecule has 2 N–H and O–H groups in total. The molecule has 1 aromatic carbocycles. The van der Waals surface area contributed by atoms with Gasteiger partial charge in [0, 0.05) is 12.1 Å². The molecule has 0 saturated heterocycles. The molecule has 0 aliphatic rings. The lowest BCUT2D eigenvalue weighted by atomic mass is 10.1. The van der Waals surface area contributed by atoms with Crippen LogP contribution < -0.4 is 10.6 Å². The number of esters is 1. The van der Waals surface area contributed by atoms with Crippen LogP contribution in [0.25, 0.3) is 22.4 Å². The number of carbonyl (C=O) groups is 3. The van der Waals surface area contributed by atoms with Crippen molar-refractivity contribution in [3.63, 3.8) is 0 Å². The molecule has 10 heteroatoms. The number of fused-ring (bicyclic) bond motifs is 1. The standard InChI is InChI=1S/C19H17FN4O5/c1-3-21-19(27)23-15(25)9-28-18(26)13-8-14(11-4-6-12(20)7-5-11)22-17-16(13)10(2)24-29-17/h4-8H,3,9H2,1-2H3,(H2,21,23,25,27). The average molecular weight is 400 g/mol. The molecule has 0 spiro atoms. The summed E-state index contributed by atoms with van der Waals surface area (Å²) in [5, 5.41) is 8.56. The van der Waals surface area contributed by atoms with Crippen LogP contribution in [-0.4, -0.2) is 41.2 Å². The first kappa shape index (κ1) is 19.9. The van der Waals surface area contributed by atoms with E-state index in [1.165, 1.54) is 30.3 Å². The number of carbonyl (C=O) groups excluding carboxylic acids is 3. The number of urea groups is 1. The van der Waals surface area contributed by atoms with E-state index in [4.69, 9.17) is 9.26 Å². The average Bonchev–Trinajstić information content (AvgIpc) is 3.07. The summed E-state index contributed by atoms with van der Waals surface area (Å²) in [5.74, 6) is -2.02. The van der Waals surface area contributed by atoms with E-state index in [1.54, 1.807) is 13.8 Å². The Bertz CT molecular complexity index is 1080. The highest BCUT2D eigenvalue weighted by molar-refractivity contribution is 6.05. The molecule has 0 radical (unpaired) electrons. The number of nitrogens with zero attached hydrogens (tertiary/aromatic N) is 2. The Morgan fingerprint density at radius 3 is 2.62 bits per heavy atom. The Morgan fingerprint density at radius 1 is 1.21 bits per heavy atom. The van der Waals surface area contributed by atoms with Crippen molar-refractivity contribution < 1.29 is 28.0 Å². The summed E-state index contributed by atoms with van der Waals surface area (Å²) < 4.78 is 23.4. The Labute approximate surface area is 164 Å². The number of pyridine rings is 1. The van der Waals surface area contributed by atoms with Crippen LogP contribution in [0.3, 0.4) is 0 Å².